The second kappa shape index (κ2) is 11.7. The number of anilines is 1. The fourth-order valence-electron chi connectivity index (χ4n) is 4.59. The van der Waals surface area contributed by atoms with E-state index >= 15 is 0 Å². The lowest BCUT2D eigenvalue weighted by Crippen LogP contribution is -2.31. The minimum absolute atomic E-state index is 0.113. The molecule has 0 spiro atoms. The summed E-state index contributed by atoms with van der Waals surface area (Å²) in [7, 11) is 1.49. The molecular weight excluding hydrogens is 531 g/mol. The van der Waals surface area contributed by atoms with Crippen LogP contribution < -0.4 is 19.7 Å². The Hall–Kier alpha value is -4.50. The van der Waals surface area contributed by atoms with Crippen LogP contribution in [0.4, 0.5) is 10.1 Å². The highest BCUT2D eigenvalue weighted by Gasteiger charge is 2.31. The van der Waals surface area contributed by atoms with Gasteiger partial charge in [-0.25, -0.2) is 8.60 Å². The first-order valence-corrected chi connectivity index (χ1v) is 13.7. The van der Waals surface area contributed by atoms with Gasteiger partial charge in [0.05, 0.1) is 52.6 Å². The summed E-state index contributed by atoms with van der Waals surface area (Å²) in [4.78, 5) is 29.2. The Morgan fingerprint density at radius 2 is 1.60 bits per heavy atom. The second-order valence-corrected chi connectivity index (χ2v) is 10.6. The zero-order valence-corrected chi connectivity index (χ0v) is 22.8. The SMILES string of the molecule is COc1ccc(CCNC(=O)c2ccc3c(c2)N(Cc2ccc(F)cc2)C(=O)c2ccccc2[S@]3=O)cc1OC. The molecule has 9 heteroatoms. The van der Waals surface area contributed by atoms with Crippen LogP contribution in [0, 0.1) is 5.82 Å². The molecule has 4 aromatic rings. The highest BCUT2D eigenvalue weighted by Crippen LogP contribution is 2.36. The third-order valence-corrected chi connectivity index (χ3v) is 8.18. The lowest BCUT2D eigenvalue weighted by molar-refractivity contribution is 0.0950. The van der Waals surface area contributed by atoms with Crippen molar-refractivity contribution >= 4 is 28.3 Å². The number of carbonyl (C=O) groups is 2. The van der Waals surface area contributed by atoms with Gasteiger partial charge in [-0.2, -0.15) is 0 Å². The number of halogens is 1. The molecule has 0 bridgehead atoms. The van der Waals surface area contributed by atoms with Gasteiger partial charge in [-0.15, -0.1) is 0 Å². The fourth-order valence-corrected chi connectivity index (χ4v) is 5.94. The van der Waals surface area contributed by atoms with E-state index in [1.165, 1.54) is 17.0 Å². The maximum absolute atomic E-state index is 13.7. The van der Waals surface area contributed by atoms with Crippen LogP contribution in [0.3, 0.4) is 0 Å². The van der Waals surface area contributed by atoms with Crippen molar-refractivity contribution in [1.82, 2.24) is 5.32 Å². The standard InChI is InChI=1S/C31H27FN2O5S/c1-38-26-13-9-20(17-27(26)39-2)15-16-33-30(35)22-10-14-29-25(18-22)34(19-21-7-11-23(32)12-8-21)31(36)24-5-3-4-6-28(24)40(29)37/h3-14,17-18H,15-16,19H2,1-2H3,(H,33,35)/t40-/m1/s1. The third kappa shape index (κ3) is 5.46. The molecule has 204 valence electrons. The Bertz CT molecular complexity index is 1610. The topological polar surface area (TPSA) is 84.9 Å². The quantitative estimate of drug-likeness (QED) is 0.324. The summed E-state index contributed by atoms with van der Waals surface area (Å²) >= 11 is 0. The van der Waals surface area contributed by atoms with Crippen molar-refractivity contribution in [3.63, 3.8) is 0 Å². The first kappa shape index (κ1) is 27.1. The van der Waals surface area contributed by atoms with E-state index in [4.69, 9.17) is 9.47 Å². The molecule has 1 N–H and O–H groups in total. The molecule has 0 radical (unpaired) electrons. The van der Waals surface area contributed by atoms with Crippen LogP contribution in [0.15, 0.2) is 94.7 Å². The van der Waals surface area contributed by atoms with E-state index < -0.39 is 10.8 Å². The number of benzene rings is 4. The zero-order chi connectivity index (χ0) is 28.2. The van der Waals surface area contributed by atoms with E-state index in [1.54, 1.807) is 68.8 Å². The molecule has 0 fully saturated rings. The van der Waals surface area contributed by atoms with Crippen LogP contribution in [0.2, 0.25) is 0 Å². The number of hydrogen-bond donors (Lipinski definition) is 1. The minimum Gasteiger partial charge on any atom is -0.493 e. The Labute approximate surface area is 234 Å². The maximum Gasteiger partial charge on any atom is 0.259 e. The summed E-state index contributed by atoms with van der Waals surface area (Å²) in [5, 5.41) is 2.91. The van der Waals surface area contributed by atoms with Gasteiger partial charge in [-0.3, -0.25) is 9.59 Å². The third-order valence-electron chi connectivity index (χ3n) is 6.68. The molecule has 5 rings (SSSR count). The first-order chi connectivity index (χ1) is 19.4. The number of fused-ring (bicyclic) bond motifs is 2. The summed E-state index contributed by atoms with van der Waals surface area (Å²) in [5.74, 6) is 0.171. The van der Waals surface area contributed by atoms with Gasteiger partial charge in [0, 0.05) is 12.1 Å². The molecule has 1 atom stereocenters. The predicted molar refractivity (Wildman–Crippen MR) is 150 cm³/mol. The summed E-state index contributed by atoms with van der Waals surface area (Å²) in [5.41, 5.74) is 2.67. The van der Waals surface area contributed by atoms with E-state index in [0.29, 0.717) is 56.6 Å². The molecule has 0 saturated heterocycles. The van der Waals surface area contributed by atoms with Crippen molar-refractivity contribution in [1.29, 1.82) is 0 Å². The zero-order valence-electron chi connectivity index (χ0n) is 22.0. The second-order valence-electron chi connectivity index (χ2n) is 9.16. The highest BCUT2D eigenvalue weighted by molar-refractivity contribution is 7.85. The molecule has 7 nitrogen and oxygen atoms in total. The molecule has 0 saturated carbocycles. The lowest BCUT2D eigenvalue weighted by atomic mass is 10.1. The van der Waals surface area contributed by atoms with Gasteiger partial charge in [0.15, 0.2) is 11.5 Å². The average Bonchev–Trinajstić information content (AvgIpc) is 3.07. The number of methoxy groups -OCH3 is 2. The van der Waals surface area contributed by atoms with Crippen molar-refractivity contribution < 1.29 is 27.7 Å². The van der Waals surface area contributed by atoms with Gasteiger partial charge in [0.1, 0.15) is 5.82 Å². The van der Waals surface area contributed by atoms with E-state index in [0.717, 1.165) is 5.56 Å². The number of rotatable bonds is 8. The highest BCUT2D eigenvalue weighted by atomic mass is 32.2. The van der Waals surface area contributed by atoms with Gasteiger partial charge < -0.3 is 19.7 Å². The van der Waals surface area contributed by atoms with Gasteiger partial charge in [-0.05, 0) is 72.1 Å². The summed E-state index contributed by atoms with van der Waals surface area (Å²) in [6.07, 6.45) is 0.561. The number of amides is 2. The van der Waals surface area contributed by atoms with Gasteiger partial charge >= 0.3 is 0 Å². The lowest BCUT2D eigenvalue weighted by Gasteiger charge is -2.23. The van der Waals surface area contributed by atoms with E-state index in [-0.39, 0.29) is 24.2 Å². The number of nitrogens with zero attached hydrogens (tertiary/aromatic N) is 1. The van der Waals surface area contributed by atoms with Crippen LogP contribution in [0.25, 0.3) is 0 Å². The van der Waals surface area contributed by atoms with Gasteiger partial charge in [-0.1, -0.05) is 30.3 Å². The van der Waals surface area contributed by atoms with E-state index in [2.05, 4.69) is 5.32 Å². The Morgan fingerprint density at radius 3 is 2.35 bits per heavy atom. The van der Waals surface area contributed by atoms with E-state index in [1.807, 2.05) is 18.2 Å². The largest absolute Gasteiger partial charge is 0.493 e. The van der Waals surface area contributed by atoms with Crippen molar-refractivity contribution in [2.75, 3.05) is 25.7 Å². The molecule has 0 aromatic heterocycles. The molecule has 0 unspecified atom stereocenters. The van der Waals surface area contributed by atoms with Crippen LogP contribution in [0.1, 0.15) is 31.8 Å². The van der Waals surface area contributed by atoms with Gasteiger partial charge in [0.25, 0.3) is 11.8 Å². The predicted octanol–water partition coefficient (Wildman–Crippen LogP) is 5.14. The first-order valence-electron chi connectivity index (χ1n) is 12.6. The molecule has 1 heterocycles. The van der Waals surface area contributed by atoms with E-state index in [9.17, 15) is 18.2 Å². The molecule has 40 heavy (non-hydrogen) atoms. The summed E-state index contributed by atoms with van der Waals surface area (Å²) in [6.45, 7) is 0.475. The smallest absolute Gasteiger partial charge is 0.259 e. The molecule has 1 aliphatic heterocycles. The Kier molecular flexibility index (Phi) is 7.93. The van der Waals surface area contributed by atoms with Crippen molar-refractivity contribution in [2.45, 2.75) is 22.8 Å². The Balaban J connectivity index is 1.42. The summed E-state index contributed by atoms with van der Waals surface area (Å²) in [6, 6.07) is 23.0. The Morgan fingerprint density at radius 1 is 0.875 bits per heavy atom. The van der Waals surface area contributed by atoms with Crippen LogP contribution in [-0.2, 0) is 23.8 Å². The molecule has 4 aromatic carbocycles. The minimum atomic E-state index is -1.64. The molecule has 2 amide bonds. The van der Waals surface area contributed by atoms with Crippen molar-refractivity contribution in [3.05, 3.63) is 113 Å². The van der Waals surface area contributed by atoms with Crippen molar-refractivity contribution in [2.24, 2.45) is 0 Å². The number of ether oxygens (including phenoxy) is 2. The molecule has 1 aliphatic rings. The fraction of sp³-hybridized carbons (Fsp3) is 0.161. The van der Waals surface area contributed by atoms with Crippen LogP contribution in [-0.4, -0.2) is 36.8 Å². The van der Waals surface area contributed by atoms with Crippen LogP contribution in [0.5, 0.6) is 11.5 Å². The average molecular weight is 559 g/mol. The number of nitrogens with one attached hydrogen (secondary N) is 1. The normalized spacial score (nSPS) is 14.1. The number of hydrogen-bond acceptors (Lipinski definition) is 5. The van der Waals surface area contributed by atoms with Crippen molar-refractivity contribution in [3.8, 4) is 11.5 Å². The van der Waals surface area contributed by atoms with Gasteiger partial charge in [0.2, 0.25) is 0 Å². The monoisotopic (exact) mass is 558 g/mol. The van der Waals surface area contributed by atoms with Crippen LogP contribution >= 0.6 is 0 Å². The maximum atomic E-state index is 13.7. The molecule has 0 aliphatic carbocycles. The molecular formula is C31H27FN2O5S. The summed E-state index contributed by atoms with van der Waals surface area (Å²) < 4.78 is 37.7. The number of carbonyl (C=O) groups excluding carboxylic acids is 2.